The molecule has 0 atom stereocenters. The van der Waals surface area contributed by atoms with Gasteiger partial charge >= 0.3 is 23.1 Å². The first-order valence-electron chi connectivity index (χ1n) is 4.64. The van der Waals surface area contributed by atoms with E-state index < -0.39 is 0 Å². The molecular weight excluding hydrogens is 362 g/mol. The molecule has 0 aromatic heterocycles. The van der Waals surface area contributed by atoms with Gasteiger partial charge in [0.2, 0.25) is 0 Å². The Labute approximate surface area is 139 Å². The van der Waals surface area contributed by atoms with Crippen molar-refractivity contribution in [1.29, 1.82) is 0 Å². The summed E-state index contributed by atoms with van der Waals surface area (Å²) in [5.74, 6) is -0.218. The van der Waals surface area contributed by atoms with E-state index in [1.54, 1.807) is 24.3 Å². The molecule has 0 saturated heterocycles. The standard InChI is InChI=1S/C13H9ClF.HI.Mg/c14-13-4-2-1-3-11(13)9-10-5-7-12(15)8-6-10;;/h2-8H,9H2;1H;/q-1;;+2/p-1. The molecule has 0 aliphatic rings. The molecule has 0 heterocycles. The summed E-state index contributed by atoms with van der Waals surface area (Å²) in [6.45, 7) is 0. The third-order valence-electron chi connectivity index (χ3n) is 2.20. The maximum atomic E-state index is 12.7. The van der Waals surface area contributed by atoms with Gasteiger partial charge < -0.3 is 24.0 Å². The normalized spacial score (nSPS) is 9.06. The molecule has 2 rings (SSSR count). The van der Waals surface area contributed by atoms with Crippen LogP contribution in [-0.2, 0) is 6.42 Å². The average molecular weight is 371 g/mol. The summed E-state index contributed by atoms with van der Waals surface area (Å²) in [4.78, 5) is 0. The summed E-state index contributed by atoms with van der Waals surface area (Å²) in [6, 6.07) is 14.8. The SMILES string of the molecule is Fc1ccc(Cc2c[c-]ccc2Cl)cc1.[I-].[Mg+2]. The molecule has 0 amide bonds. The van der Waals surface area contributed by atoms with Gasteiger partial charge in [0, 0.05) is 0 Å². The summed E-state index contributed by atoms with van der Waals surface area (Å²) in [7, 11) is 0. The van der Waals surface area contributed by atoms with E-state index in [4.69, 9.17) is 11.6 Å². The molecule has 0 aliphatic heterocycles. The molecule has 0 fully saturated rings. The van der Waals surface area contributed by atoms with E-state index in [2.05, 4.69) is 6.07 Å². The third-order valence-corrected chi connectivity index (χ3v) is 2.57. The van der Waals surface area contributed by atoms with Crippen LogP contribution in [0.2, 0.25) is 5.02 Å². The summed E-state index contributed by atoms with van der Waals surface area (Å²) < 4.78 is 12.7. The van der Waals surface area contributed by atoms with Crippen LogP contribution in [0.3, 0.4) is 0 Å². The largest absolute Gasteiger partial charge is 2.00 e. The molecule has 0 nitrogen and oxygen atoms in total. The van der Waals surface area contributed by atoms with Gasteiger partial charge in [0.1, 0.15) is 5.82 Å². The Morgan fingerprint density at radius 3 is 2.35 bits per heavy atom. The van der Waals surface area contributed by atoms with E-state index in [9.17, 15) is 4.39 Å². The van der Waals surface area contributed by atoms with E-state index in [0.29, 0.717) is 6.42 Å². The van der Waals surface area contributed by atoms with E-state index in [-0.39, 0.29) is 52.8 Å². The summed E-state index contributed by atoms with van der Waals surface area (Å²) in [5, 5.41) is 0.720. The molecule has 0 saturated carbocycles. The first kappa shape index (κ1) is 17.2. The molecule has 2 aromatic carbocycles. The Morgan fingerprint density at radius 2 is 1.76 bits per heavy atom. The first-order valence-corrected chi connectivity index (χ1v) is 5.02. The van der Waals surface area contributed by atoms with Crippen LogP contribution in [0.5, 0.6) is 0 Å². The van der Waals surface area contributed by atoms with Crippen LogP contribution in [0.25, 0.3) is 0 Å². The van der Waals surface area contributed by atoms with Gasteiger partial charge in [0.25, 0.3) is 0 Å². The van der Waals surface area contributed by atoms with Crippen LogP contribution in [0.15, 0.2) is 42.5 Å². The molecule has 0 unspecified atom stereocenters. The third kappa shape index (κ3) is 5.12. The zero-order chi connectivity index (χ0) is 10.7. The Balaban J connectivity index is 0.00000128. The summed E-state index contributed by atoms with van der Waals surface area (Å²) >= 11 is 6.01. The van der Waals surface area contributed by atoms with Crippen LogP contribution in [-0.4, -0.2) is 23.1 Å². The topological polar surface area (TPSA) is 0 Å². The van der Waals surface area contributed by atoms with Crippen LogP contribution in [0, 0.1) is 11.9 Å². The Bertz CT molecular complexity index is 459. The Kier molecular flexibility index (Phi) is 8.37. The van der Waals surface area contributed by atoms with Crippen molar-refractivity contribution in [3.63, 3.8) is 0 Å². The molecular formula is C13H9ClFIMg. The van der Waals surface area contributed by atoms with Gasteiger partial charge in [-0.3, -0.25) is 0 Å². The maximum Gasteiger partial charge on any atom is 2.00 e. The second kappa shape index (κ2) is 8.29. The molecule has 0 N–H and O–H groups in total. The molecule has 0 spiro atoms. The van der Waals surface area contributed by atoms with Crippen LogP contribution < -0.4 is 24.0 Å². The van der Waals surface area contributed by atoms with Crippen LogP contribution >= 0.6 is 11.6 Å². The van der Waals surface area contributed by atoms with Crippen molar-refractivity contribution in [3.05, 3.63) is 70.5 Å². The monoisotopic (exact) mass is 370 g/mol. The van der Waals surface area contributed by atoms with E-state index >= 15 is 0 Å². The molecule has 2 aromatic rings. The smallest absolute Gasteiger partial charge is 1.00 e. The molecule has 0 radical (unpaired) electrons. The quantitative estimate of drug-likeness (QED) is 0.410. The van der Waals surface area contributed by atoms with Gasteiger partial charge in [-0.1, -0.05) is 22.7 Å². The number of hydrogen-bond donors (Lipinski definition) is 0. The number of benzene rings is 2. The minimum Gasteiger partial charge on any atom is -1.00 e. The van der Waals surface area contributed by atoms with Crippen molar-refractivity contribution in [2.45, 2.75) is 6.42 Å². The van der Waals surface area contributed by atoms with Crippen LogP contribution in [0.1, 0.15) is 11.1 Å². The van der Waals surface area contributed by atoms with Crippen LogP contribution in [0.4, 0.5) is 4.39 Å². The Morgan fingerprint density at radius 1 is 1.12 bits per heavy atom. The minimum absolute atomic E-state index is 0. The maximum absolute atomic E-state index is 12.7. The minimum atomic E-state index is -0.218. The molecule has 0 bridgehead atoms. The van der Waals surface area contributed by atoms with Gasteiger partial charge in [0.15, 0.2) is 0 Å². The fraction of sp³-hybridized carbons (Fsp3) is 0.0769. The molecule has 0 aliphatic carbocycles. The second-order valence-corrected chi connectivity index (χ2v) is 3.73. The predicted octanol–water partition coefficient (Wildman–Crippen LogP) is 0.493. The van der Waals surface area contributed by atoms with Gasteiger partial charge in [0.05, 0.1) is 0 Å². The molecule has 84 valence electrons. The summed E-state index contributed by atoms with van der Waals surface area (Å²) in [6.07, 6.45) is 0.705. The van der Waals surface area contributed by atoms with E-state index in [1.165, 1.54) is 12.1 Å². The summed E-state index contributed by atoms with van der Waals surface area (Å²) in [5.41, 5.74) is 2.05. The number of rotatable bonds is 2. The molecule has 17 heavy (non-hydrogen) atoms. The van der Waals surface area contributed by atoms with Gasteiger partial charge in [-0.2, -0.15) is 24.3 Å². The first-order chi connectivity index (χ1) is 7.25. The van der Waals surface area contributed by atoms with Gasteiger partial charge in [-0.15, -0.1) is 17.2 Å². The predicted molar refractivity (Wildman–Crippen MR) is 65.2 cm³/mol. The number of hydrogen-bond acceptors (Lipinski definition) is 0. The number of halogens is 3. The zero-order valence-corrected chi connectivity index (χ0v) is 13.4. The van der Waals surface area contributed by atoms with E-state index in [1.807, 2.05) is 6.07 Å². The van der Waals surface area contributed by atoms with Crippen molar-refractivity contribution in [1.82, 2.24) is 0 Å². The zero-order valence-electron chi connectivity index (χ0n) is 9.09. The fourth-order valence-corrected chi connectivity index (χ4v) is 1.59. The van der Waals surface area contributed by atoms with Crippen molar-refractivity contribution in [2.24, 2.45) is 0 Å². The van der Waals surface area contributed by atoms with Gasteiger partial charge in [-0.05, 0) is 18.6 Å². The average Bonchev–Trinajstić information content (AvgIpc) is 2.25. The second-order valence-electron chi connectivity index (χ2n) is 3.32. The van der Waals surface area contributed by atoms with Crippen molar-refractivity contribution in [3.8, 4) is 0 Å². The van der Waals surface area contributed by atoms with Crippen molar-refractivity contribution < 1.29 is 28.4 Å². The van der Waals surface area contributed by atoms with Crippen molar-refractivity contribution >= 4 is 34.7 Å². The van der Waals surface area contributed by atoms with Gasteiger partial charge in [-0.25, -0.2) is 4.39 Å². The molecule has 4 heteroatoms. The Hall–Kier alpha value is 0.156. The fourth-order valence-electron chi connectivity index (χ4n) is 1.40. The van der Waals surface area contributed by atoms with E-state index in [0.717, 1.165) is 16.1 Å². The van der Waals surface area contributed by atoms with Crippen molar-refractivity contribution in [2.75, 3.05) is 0 Å².